The summed E-state index contributed by atoms with van der Waals surface area (Å²) < 4.78 is 5.29. The topological polar surface area (TPSA) is 12.5 Å². The minimum Gasteiger partial charge on any atom is -0.379 e. The van der Waals surface area contributed by atoms with Crippen LogP contribution in [0, 0.1) is 6.07 Å². The highest BCUT2D eigenvalue weighted by molar-refractivity contribution is 6.30. The van der Waals surface area contributed by atoms with Gasteiger partial charge in [-0.2, -0.15) is 0 Å². The van der Waals surface area contributed by atoms with Gasteiger partial charge < -0.3 is 4.74 Å². The zero-order valence-electron chi connectivity index (χ0n) is 8.00. The molecule has 0 amide bonds. The molecule has 0 atom stereocenters. The molecule has 1 radical (unpaired) electrons. The average Bonchev–Trinajstić information content (AvgIpc) is 2.19. The summed E-state index contributed by atoms with van der Waals surface area (Å²) in [5, 5.41) is 0.691. The molecule has 2 rings (SSSR count). The van der Waals surface area contributed by atoms with E-state index >= 15 is 0 Å². The van der Waals surface area contributed by atoms with Gasteiger partial charge in [0, 0.05) is 30.7 Å². The Morgan fingerprint density at radius 2 is 2.21 bits per heavy atom. The van der Waals surface area contributed by atoms with Crippen LogP contribution in [0.2, 0.25) is 5.02 Å². The van der Waals surface area contributed by atoms with Crippen LogP contribution in [0.4, 0.5) is 0 Å². The maximum atomic E-state index is 5.86. The predicted octanol–water partition coefficient (Wildman–Crippen LogP) is 1.97. The number of benzene rings is 1. The first-order chi connectivity index (χ1) is 6.84. The maximum Gasteiger partial charge on any atom is 0.0594 e. The molecule has 2 nitrogen and oxygen atoms in total. The Balaban J connectivity index is 1.95. The lowest BCUT2D eigenvalue weighted by atomic mass is 10.2. The second-order valence-corrected chi connectivity index (χ2v) is 3.84. The van der Waals surface area contributed by atoms with Crippen LogP contribution in [-0.2, 0) is 11.3 Å². The zero-order chi connectivity index (χ0) is 9.80. The smallest absolute Gasteiger partial charge is 0.0594 e. The first-order valence-corrected chi connectivity index (χ1v) is 5.18. The number of nitrogens with zero attached hydrogens (tertiary/aromatic N) is 1. The van der Waals surface area contributed by atoms with Gasteiger partial charge in [0.1, 0.15) is 0 Å². The second kappa shape index (κ2) is 4.78. The lowest BCUT2D eigenvalue weighted by Crippen LogP contribution is -2.35. The van der Waals surface area contributed by atoms with Crippen LogP contribution in [-0.4, -0.2) is 31.2 Å². The Kier molecular flexibility index (Phi) is 3.40. The van der Waals surface area contributed by atoms with Crippen molar-refractivity contribution < 1.29 is 4.74 Å². The van der Waals surface area contributed by atoms with Crippen LogP contribution in [0.25, 0.3) is 0 Å². The predicted molar refractivity (Wildman–Crippen MR) is 56.4 cm³/mol. The van der Waals surface area contributed by atoms with E-state index in [4.69, 9.17) is 16.3 Å². The maximum absolute atomic E-state index is 5.86. The Hall–Kier alpha value is -0.570. The van der Waals surface area contributed by atoms with Crippen LogP contribution in [0.15, 0.2) is 18.2 Å². The van der Waals surface area contributed by atoms with Gasteiger partial charge in [0.05, 0.1) is 13.2 Å². The Bertz CT molecular complexity index is 297. The number of morpholine rings is 1. The van der Waals surface area contributed by atoms with Crippen LogP contribution < -0.4 is 0 Å². The zero-order valence-corrected chi connectivity index (χ0v) is 8.76. The third-order valence-electron chi connectivity index (χ3n) is 2.34. The molecule has 0 aromatic heterocycles. The first kappa shape index (κ1) is 9.97. The minimum atomic E-state index is 0.691. The molecule has 0 aliphatic carbocycles. The Labute approximate surface area is 89.4 Å². The van der Waals surface area contributed by atoms with Crippen molar-refractivity contribution in [2.24, 2.45) is 0 Å². The molecule has 14 heavy (non-hydrogen) atoms. The molecule has 0 unspecified atom stereocenters. The van der Waals surface area contributed by atoms with Gasteiger partial charge in [0.15, 0.2) is 0 Å². The van der Waals surface area contributed by atoms with Gasteiger partial charge in [-0.1, -0.05) is 23.7 Å². The number of rotatable bonds is 2. The third kappa shape index (κ3) is 2.71. The molecule has 1 fully saturated rings. The van der Waals surface area contributed by atoms with Gasteiger partial charge >= 0.3 is 0 Å². The summed E-state index contributed by atoms with van der Waals surface area (Å²) >= 11 is 5.86. The molecule has 0 bridgehead atoms. The first-order valence-electron chi connectivity index (χ1n) is 4.81. The molecule has 75 valence electrons. The largest absolute Gasteiger partial charge is 0.379 e. The van der Waals surface area contributed by atoms with E-state index in [1.54, 1.807) is 0 Å². The summed E-state index contributed by atoms with van der Waals surface area (Å²) in [6.07, 6.45) is 0. The van der Waals surface area contributed by atoms with Crippen molar-refractivity contribution in [3.63, 3.8) is 0 Å². The molecule has 1 aromatic rings. The van der Waals surface area contributed by atoms with Gasteiger partial charge in [0.25, 0.3) is 0 Å². The fourth-order valence-corrected chi connectivity index (χ4v) is 1.80. The van der Waals surface area contributed by atoms with Crippen molar-refractivity contribution in [2.45, 2.75) is 6.54 Å². The van der Waals surface area contributed by atoms with Crippen molar-refractivity contribution in [1.82, 2.24) is 4.90 Å². The van der Waals surface area contributed by atoms with E-state index in [1.807, 2.05) is 12.1 Å². The molecule has 1 aliphatic rings. The average molecular weight is 211 g/mol. The van der Waals surface area contributed by atoms with E-state index in [1.165, 1.54) is 5.56 Å². The van der Waals surface area contributed by atoms with Crippen molar-refractivity contribution in [3.05, 3.63) is 34.9 Å². The molecular formula is C11H13ClNO. The van der Waals surface area contributed by atoms with E-state index < -0.39 is 0 Å². The molecular weight excluding hydrogens is 198 g/mol. The second-order valence-electron chi connectivity index (χ2n) is 3.43. The number of hydrogen-bond acceptors (Lipinski definition) is 2. The summed E-state index contributed by atoms with van der Waals surface area (Å²) in [4.78, 5) is 2.37. The molecule has 1 aliphatic heterocycles. The number of hydrogen-bond donors (Lipinski definition) is 0. The van der Waals surface area contributed by atoms with Crippen molar-refractivity contribution in [2.75, 3.05) is 26.3 Å². The fourth-order valence-electron chi connectivity index (χ4n) is 1.60. The normalized spacial score (nSPS) is 18.4. The molecule has 1 aromatic carbocycles. The van der Waals surface area contributed by atoms with E-state index in [0.29, 0.717) is 5.02 Å². The van der Waals surface area contributed by atoms with Crippen molar-refractivity contribution >= 4 is 11.6 Å². The number of halogens is 1. The standard InChI is InChI=1S/C11H13ClNO/c12-11-3-1-2-10(8-11)9-13-4-6-14-7-5-13/h1-2,8H,4-7,9H2. The SMILES string of the molecule is Clc1[c]ccc(CN2CCOCC2)c1. The van der Waals surface area contributed by atoms with E-state index in [0.717, 1.165) is 32.8 Å². The molecule has 0 spiro atoms. The van der Waals surface area contributed by atoms with E-state index in [2.05, 4.69) is 17.0 Å². The summed E-state index contributed by atoms with van der Waals surface area (Å²) in [6, 6.07) is 8.83. The van der Waals surface area contributed by atoms with E-state index in [9.17, 15) is 0 Å². The van der Waals surface area contributed by atoms with Gasteiger partial charge in [-0.3, -0.25) is 4.90 Å². The highest BCUT2D eigenvalue weighted by atomic mass is 35.5. The quantitative estimate of drug-likeness (QED) is 0.740. The van der Waals surface area contributed by atoms with Crippen LogP contribution in [0.1, 0.15) is 5.56 Å². The van der Waals surface area contributed by atoms with Crippen LogP contribution in [0.5, 0.6) is 0 Å². The lowest BCUT2D eigenvalue weighted by Gasteiger charge is -2.26. The molecule has 3 heteroatoms. The summed E-state index contributed by atoms with van der Waals surface area (Å²) in [5.74, 6) is 0. The van der Waals surface area contributed by atoms with Gasteiger partial charge in [-0.05, 0) is 11.6 Å². The number of ether oxygens (including phenoxy) is 1. The molecule has 1 heterocycles. The van der Waals surface area contributed by atoms with Crippen LogP contribution >= 0.6 is 11.6 Å². The van der Waals surface area contributed by atoms with E-state index in [-0.39, 0.29) is 0 Å². The minimum absolute atomic E-state index is 0.691. The highest BCUT2D eigenvalue weighted by Gasteiger charge is 2.10. The monoisotopic (exact) mass is 210 g/mol. The fraction of sp³-hybridized carbons (Fsp3) is 0.455. The summed E-state index contributed by atoms with van der Waals surface area (Å²) in [6.45, 7) is 4.66. The Morgan fingerprint density at radius 3 is 2.93 bits per heavy atom. The van der Waals surface area contributed by atoms with Crippen molar-refractivity contribution in [3.8, 4) is 0 Å². The summed E-state index contributed by atoms with van der Waals surface area (Å²) in [7, 11) is 0. The highest BCUT2D eigenvalue weighted by Crippen LogP contribution is 2.12. The third-order valence-corrected chi connectivity index (χ3v) is 2.56. The molecule has 1 saturated heterocycles. The van der Waals surface area contributed by atoms with Gasteiger partial charge in [-0.15, -0.1) is 0 Å². The van der Waals surface area contributed by atoms with Gasteiger partial charge in [0.2, 0.25) is 0 Å². The lowest BCUT2D eigenvalue weighted by molar-refractivity contribution is 0.0342. The molecule has 0 saturated carbocycles. The van der Waals surface area contributed by atoms with Crippen LogP contribution in [0.3, 0.4) is 0 Å². The summed E-state index contributed by atoms with van der Waals surface area (Å²) in [5.41, 5.74) is 1.25. The Morgan fingerprint density at radius 1 is 1.43 bits per heavy atom. The molecule has 0 N–H and O–H groups in total. The van der Waals surface area contributed by atoms with Crippen molar-refractivity contribution in [1.29, 1.82) is 0 Å². The van der Waals surface area contributed by atoms with Gasteiger partial charge in [-0.25, -0.2) is 0 Å².